The average molecular weight is 297 g/mol. The van der Waals surface area contributed by atoms with Gasteiger partial charge in [0.2, 0.25) is 0 Å². The average Bonchev–Trinajstić information content (AvgIpc) is 2.34. The molecule has 0 radical (unpaired) electrons. The van der Waals surface area contributed by atoms with Crippen LogP contribution in [0.1, 0.15) is 30.9 Å². The van der Waals surface area contributed by atoms with E-state index in [1.165, 1.54) is 0 Å². The number of ketones is 1. The molecule has 1 aliphatic heterocycles. The van der Waals surface area contributed by atoms with E-state index in [1.54, 1.807) is 6.07 Å². The Bertz CT molecular complexity index is 473. The Kier molecular flexibility index (Phi) is 2.52. The van der Waals surface area contributed by atoms with E-state index >= 15 is 0 Å². The van der Waals surface area contributed by atoms with E-state index in [0.29, 0.717) is 17.7 Å². The number of ether oxygens (including phenoxy) is 1. The molecule has 17 heavy (non-hydrogen) atoms. The van der Waals surface area contributed by atoms with E-state index in [1.807, 2.05) is 18.2 Å². The topological polar surface area (TPSA) is 46.5 Å². The number of hydrogen-bond acceptors (Lipinski definition) is 3. The first-order valence-corrected chi connectivity index (χ1v) is 6.59. The van der Waals surface area contributed by atoms with Crippen molar-refractivity contribution in [2.45, 2.75) is 35.8 Å². The number of hydrogen-bond donors (Lipinski definition) is 1. The van der Waals surface area contributed by atoms with Gasteiger partial charge in [-0.1, -0.05) is 34.1 Å². The molecule has 1 heterocycles. The minimum absolute atomic E-state index is 0.0377. The first kappa shape index (κ1) is 11.2. The van der Waals surface area contributed by atoms with Gasteiger partial charge in [0, 0.05) is 12.0 Å². The Labute approximate surface area is 108 Å². The highest BCUT2D eigenvalue weighted by atomic mass is 79.9. The molecule has 0 bridgehead atoms. The maximum absolute atomic E-state index is 12.1. The normalized spacial score (nSPS) is 35.8. The third-order valence-corrected chi connectivity index (χ3v) is 5.03. The molecule has 3 nitrogen and oxygen atoms in total. The Morgan fingerprint density at radius 3 is 3.00 bits per heavy atom. The van der Waals surface area contributed by atoms with Gasteiger partial charge in [-0.3, -0.25) is 4.79 Å². The van der Waals surface area contributed by atoms with Crippen LogP contribution in [0.5, 0.6) is 5.75 Å². The van der Waals surface area contributed by atoms with Gasteiger partial charge in [-0.25, -0.2) is 0 Å². The number of carbonyl (C=O) groups is 1. The lowest BCUT2D eigenvalue weighted by Crippen LogP contribution is -2.56. The molecule has 1 aliphatic carbocycles. The van der Waals surface area contributed by atoms with Gasteiger partial charge in [0.15, 0.2) is 10.1 Å². The van der Waals surface area contributed by atoms with E-state index in [4.69, 9.17) is 4.74 Å². The second-order valence-electron chi connectivity index (χ2n) is 4.63. The van der Waals surface area contributed by atoms with E-state index in [2.05, 4.69) is 15.9 Å². The standard InChI is InChI=1S/C13H13BrO3/c14-13-10(15)6-3-7-11(13)17-9-5-2-1-4-8(9)12(13)16/h1-2,4-5,11-12,16H,3,6-7H2/t11-,12+,13+/m0/s1. The predicted octanol–water partition coefficient (Wildman–Crippen LogP) is 2.37. The van der Waals surface area contributed by atoms with Gasteiger partial charge in [-0.15, -0.1) is 0 Å². The van der Waals surface area contributed by atoms with Crippen LogP contribution in [0.3, 0.4) is 0 Å². The summed E-state index contributed by atoms with van der Waals surface area (Å²) in [5.74, 6) is 0.727. The number of Topliss-reactive ketones (excluding diaryl/α,β-unsaturated/α-hetero) is 1. The van der Waals surface area contributed by atoms with E-state index in [0.717, 1.165) is 12.8 Å². The number of rotatable bonds is 0. The molecule has 2 aliphatic rings. The molecule has 90 valence electrons. The summed E-state index contributed by atoms with van der Waals surface area (Å²) in [6.45, 7) is 0. The van der Waals surface area contributed by atoms with Gasteiger partial charge in [-0.05, 0) is 18.9 Å². The summed E-state index contributed by atoms with van der Waals surface area (Å²) in [5, 5.41) is 10.4. The molecule has 3 atom stereocenters. The number of alkyl halides is 1. The summed E-state index contributed by atoms with van der Waals surface area (Å²) >= 11 is 3.45. The van der Waals surface area contributed by atoms with Crippen LogP contribution in [0.25, 0.3) is 0 Å². The Balaban J connectivity index is 2.11. The van der Waals surface area contributed by atoms with Crippen LogP contribution in [-0.4, -0.2) is 21.3 Å². The van der Waals surface area contributed by atoms with E-state index < -0.39 is 10.4 Å². The minimum Gasteiger partial charge on any atom is -0.488 e. The lowest BCUT2D eigenvalue weighted by Gasteiger charge is -2.45. The smallest absolute Gasteiger partial charge is 0.156 e. The number of carbonyl (C=O) groups excluding carboxylic acids is 1. The highest BCUT2D eigenvalue weighted by Crippen LogP contribution is 2.50. The molecule has 3 rings (SSSR count). The summed E-state index contributed by atoms with van der Waals surface area (Å²) in [5.41, 5.74) is 0.691. The maximum atomic E-state index is 12.1. The van der Waals surface area contributed by atoms with Crippen molar-refractivity contribution in [1.82, 2.24) is 0 Å². The van der Waals surface area contributed by atoms with Gasteiger partial charge in [-0.2, -0.15) is 0 Å². The molecule has 1 N–H and O–H groups in total. The molecule has 0 amide bonds. The summed E-state index contributed by atoms with van der Waals surface area (Å²) in [6.07, 6.45) is 1.03. The Hall–Kier alpha value is -0.870. The SMILES string of the molecule is O=C1CCC[C@@H]2Oc3ccccc3[C@@H](O)[C@@]12Br. The molecule has 4 heteroatoms. The number of halogens is 1. The minimum atomic E-state index is -0.959. The van der Waals surface area contributed by atoms with Crippen LogP contribution in [0.4, 0.5) is 0 Å². The van der Waals surface area contributed by atoms with Crippen molar-refractivity contribution >= 4 is 21.7 Å². The van der Waals surface area contributed by atoms with Crippen LogP contribution in [0.2, 0.25) is 0 Å². The fourth-order valence-electron chi connectivity index (χ4n) is 2.70. The van der Waals surface area contributed by atoms with Crippen molar-refractivity contribution in [1.29, 1.82) is 0 Å². The van der Waals surface area contributed by atoms with Crippen LogP contribution in [0.15, 0.2) is 24.3 Å². The predicted molar refractivity (Wildman–Crippen MR) is 66.3 cm³/mol. The van der Waals surface area contributed by atoms with Gasteiger partial charge < -0.3 is 9.84 Å². The molecule has 0 aromatic heterocycles. The van der Waals surface area contributed by atoms with Crippen molar-refractivity contribution in [3.63, 3.8) is 0 Å². The first-order chi connectivity index (χ1) is 8.14. The molecule has 0 unspecified atom stereocenters. The van der Waals surface area contributed by atoms with Crippen molar-refractivity contribution < 1.29 is 14.6 Å². The third-order valence-electron chi connectivity index (χ3n) is 3.65. The Morgan fingerprint density at radius 2 is 2.18 bits per heavy atom. The van der Waals surface area contributed by atoms with Crippen LogP contribution in [0, 0.1) is 0 Å². The number of benzene rings is 1. The largest absolute Gasteiger partial charge is 0.488 e. The monoisotopic (exact) mass is 296 g/mol. The second kappa shape index (κ2) is 3.82. The number of aliphatic hydroxyl groups excluding tert-OH is 1. The highest BCUT2D eigenvalue weighted by Gasteiger charge is 2.55. The van der Waals surface area contributed by atoms with Crippen molar-refractivity contribution in [3.8, 4) is 5.75 Å². The zero-order chi connectivity index (χ0) is 12.0. The summed E-state index contributed by atoms with van der Waals surface area (Å²) < 4.78 is 4.89. The second-order valence-corrected chi connectivity index (χ2v) is 5.94. The van der Waals surface area contributed by atoms with Crippen molar-refractivity contribution in [2.24, 2.45) is 0 Å². The molecular weight excluding hydrogens is 284 g/mol. The molecular formula is C13H13BrO3. The quantitative estimate of drug-likeness (QED) is 0.748. The maximum Gasteiger partial charge on any atom is 0.156 e. The third kappa shape index (κ3) is 1.47. The van der Waals surface area contributed by atoms with E-state index in [9.17, 15) is 9.90 Å². The molecule has 0 saturated heterocycles. The molecule has 1 saturated carbocycles. The fourth-order valence-corrected chi connectivity index (χ4v) is 3.46. The molecule has 0 spiro atoms. The van der Waals surface area contributed by atoms with E-state index in [-0.39, 0.29) is 11.9 Å². The van der Waals surface area contributed by atoms with Gasteiger partial charge in [0.1, 0.15) is 18.0 Å². The van der Waals surface area contributed by atoms with Gasteiger partial charge in [0.25, 0.3) is 0 Å². The molecule has 1 fully saturated rings. The molecule has 1 aromatic carbocycles. The first-order valence-electron chi connectivity index (χ1n) is 5.80. The number of para-hydroxylation sites is 1. The number of fused-ring (bicyclic) bond motifs is 2. The summed E-state index contributed by atoms with van der Waals surface area (Å²) in [7, 11) is 0. The van der Waals surface area contributed by atoms with Crippen LogP contribution < -0.4 is 4.74 Å². The van der Waals surface area contributed by atoms with Crippen LogP contribution in [-0.2, 0) is 4.79 Å². The van der Waals surface area contributed by atoms with Crippen molar-refractivity contribution in [3.05, 3.63) is 29.8 Å². The summed E-state index contributed by atoms with van der Waals surface area (Å²) in [4.78, 5) is 12.1. The van der Waals surface area contributed by atoms with Gasteiger partial charge in [0.05, 0.1) is 0 Å². The zero-order valence-electron chi connectivity index (χ0n) is 9.23. The lowest BCUT2D eigenvalue weighted by molar-refractivity contribution is -0.131. The fraction of sp³-hybridized carbons (Fsp3) is 0.462. The number of aliphatic hydroxyl groups is 1. The van der Waals surface area contributed by atoms with Gasteiger partial charge >= 0.3 is 0 Å². The van der Waals surface area contributed by atoms with Crippen LogP contribution >= 0.6 is 15.9 Å². The summed E-state index contributed by atoms with van der Waals surface area (Å²) in [6, 6.07) is 7.36. The Morgan fingerprint density at radius 1 is 1.41 bits per heavy atom. The van der Waals surface area contributed by atoms with Crippen molar-refractivity contribution in [2.75, 3.05) is 0 Å². The zero-order valence-corrected chi connectivity index (χ0v) is 10.8. The molecule has 1 aromatic rings. The lowest BCUT2D eigenvalue weighted by atomic mass is 9.77. The highest BCUT2D eigenvalue weighted by molar-refractivity contribution is 9.10.